The molecule has 0 bridgehead atoms. The first kappa shape index (κ1) is 18.1. The predicted octanol–water partition coefficient (Wildman–Crippen LogP) is 3.23. The van der Waals surface area contributed by atoms with E-state index in [4.69, 9.17) is 0 Å². The van der Waals surface area contributed by atoms with Crippen molar-refractivity contribution in [2.24, 2.45) is 5.41 Å². The molecule has 0 radical (unpaired) electrons. The summed E-state index contributed by atoms with van der Waals surface area (Å²) in [6.07, 6.45) is -1.71. The quantitative estimate of drug-likeness (QED) is 0.890. The van der Waals surface area contributed by atoms with Crippen molar-refractivity contribution in [3.8, 4) is 0 Å². The molecule has 128 valence electrons. The highest BCUT2D eigenvalue weighted by Crippen LogP contribution is 2.38. The second kappa shape index (κ2) is 6.69. The standard InChI is InChI=1S/C16H19F3N2O.ClH/c17-16(18,19)13-4-1-3-12(9-13)10-21-8-6-15(14(21)22)5-2-7-20-11-15;/h1,3-4,9,20H,2,5-8,10-11H2;1H. The number of benzene rings is 1. The summed E-state index contributed by atoms with van der Waals surface area (Å²) < 4.78 is 38.3. The van der Waals surface area contributed by atoms with E-state index in [1.54, 1.807) is 11.0 Å². The molecule has 1 unspecified atom stereocenters. The van der Waals surface area contributed by atoms with Crippen LogP contribution < -0.4 is 5.32 Å². The average Bonchev–Trinajstić information content (AvgIpc) is 2.77. The molecule has 2 saturated heterocycles. The Labute approximate surface area is 139 Å². The summed E-state index contributed by atoms with van der Waals surface area (Å²) >= 11 is 0. The highest BCUT2D eigenvalue weighted by molar-refractivity contribution is 5.85. The Morgan fingerprint density at radius 2 is 2.04 bits per heavy atom. The van der Waals surface area contributed by atoms with E-state index < -0.39 is 11.7 Å². The van der Waals surface area contributed by atoms with Gasteiger partial charge >= 0.3 is 6.18 Å². The number of carbonyl (C=O) groups excluding carboxylic acids is 1. The van der Waals surface area contributed by atoms with Gasteiger partial charge in [-0.25, -0.2) is 0 Å². The highest BCUT2D eigenvalue weighted by Gasteiger charge is 2.46. The summed E-state index contributed by atoms with van der Waals surface area (Å²) in [6.45, 7) is 2.49. The number of likely N-dealkylation sites (tertiary alicyclic amines) is 1. The Morgan fingerprint density at radius 3 is 2.70 bits per heavy atom. The number of hydrogen-bond donors (Lipinski definition) is 1. The summed E-state index contributed by atoms with van der Waals surface area (Å²) in [4.78, 5) is 14.3. The third-order valence-electron chi connectivity index (χ3n) is 4.70. The van der Waals surface area contributed by atoms with Crippen LogP contribution in [0.2, 0.25) is 0 Å². The largest absolute Gasteiger partial charge is 0.416 e. The van der Waals surface area contributed by atoms with Crippen LogP contribution in [0.1, 0.15) is 30.4 Å². The summed E-state index contributed by atoms with van der Waals surface area (Å²) in [7, 11) is 0. The van der Waals surface area contributed by atoms with Crippen molar-refractivity contribution in [1.82, 2.24) is 10.2 Å². The molecule has 1 amide bonds. The van der Waals surface area contributed by atoms with Crippen molar-refractivity contribution < 1.29 is 18.0 Å². The zero-order valence-electron chi connectivity index (χ0n) is 12.7. The van der Waals surface area contributed by atoms with E-state index >= 15 is 0 Å². The number of hydrogen-bond acceptors (Lipinski definition) is 2. The summed E-state index contributed by atoms with van der Waals surface area (Å²) in [6, 6.07) is 5.24. The maximum absolute atomic E-state index is 12.8. The lowest BCUT2D eigenvalue weighted by molar-refractivity contribution is -0.137. The number of piperidine rings is 1. The molecule has 1 atom stereocenters. The lowest BCUT2D eigenvalue weighted by atomic mass is 9.79. The van der Waals surface area contributed by atoms with E-state index in [1.165, 1.54) is 6.07 Å². The number of alkyl halides is 3. The Morgan fingerprint density at radius 1 is 1.26 bits per heavy atom. The molecule has 1 spiro atoms. The first-order chi connectivity index (χ1) is 10.4. The van der Waals surface area contributed by atoms with Crippen LogP contribution in [0.3, 0.4) is 0 Å². The molecule has 7 heteroatoms. The molecule has 1 N–H and O–H groups in total. The van der Waals surface area contributed by atoms with Crippen LogP contribution >= 0.6 is 12.4 Å². The number of halogens is 4. The van der Waals surface area contributed by atoms with E-state index in [9.17, 15) is 18.0 Å². The molecule has 2 heterocycles. The first-order valence-corrected chi connectivity index (χ1v) is 7.57. The number of nitrogens with zero attached hydrogens (tertiary/aromatic N) is 1. The van der Waals surface area contributed by atoms with Gasteiger partial charge in [-0.05, 0) is 43.5 Å². The fourth-order valence-corrected chi connectivity index (χ4v) is 3.47. The van der Waals surface area contributed by atoms with Crippen LogP contribution in [0.5, 0.6) is 0 Å². The zero-order valence-corrected chi connectivity index (χ0v) is 13.5. The van der Waals surface area contributed by atoms with Gasteiger partial charge in [0.25, 0.3) is 0 Å². The zero-order chi connectivity index (χ0) is 15.8. The molecular weight excluding hydrogens is 329 g/mol. The maximum Gasteiger partial charge on any atom is 0.416 e. The molecular formula is C16H20ClF3N2O. The van der Waals surface area contributed by atoms with Crippen molar-refractivity contribution in [2.75, 3.05) is 19.6 Å². The van der Waals surface area contributed by atoms with Gasteiger partial charge in [0.2, 0.25) is 5.91 Å². The summed E-state index contributed by atoms with van der Waals surface area (Å²) in [5.74, 6) is 0.0807. The van der Waals surface area contributed by atoms with E-state index in [0.29, 0.717) is 18.7 Å². The van der Waals surface area contributed by atoms with Crippen molar-refractivity contribution in [3.05, 3.63) is 35.4 Å². The monoisotopic (exact) mass is 348 g/mol. The van der Waals surface area contributed by atoms with Crippen LogP contribution in [0.15, 0.2) is 24.3 Å². The van der Waals surface area contributed by atoms with Gasteiger partial charge in [0.1, 0.15) is 0 Å². The Kier molecular flexibility index (Phi) is 5.26. The Bertz CT molecular complexity index is 571. The van der Waals surface area contributed by atoms with Crippen molar-refractivity contribution in [3.63, 3.8) is 0 Å². The Balaban J connectivity index is 0.00000192. The van der Waals surface area contributed by atoms with Crippen LogP contribution in [-0.4, -0.2) is 30.4 Å². The molecule has 2 aliphatic rings. The number of nitrogens with one attached hydrogen (secondary N) is 1. The number of amides is 1. The SMILES string of the molecule is Cl.O=C1N(Cc2cccc(C(F)(F)F)c2)CCC12CCCNC2. The second-order valence-electron chi connectivity index (χ2n) is 6.24. The van der Waals surface area contributed by atoms with Gasteiger partial charge in [-0.1, -0.05) is 12.1 Å². The van der Waals surface area contributed by atoms with E-state index in [2.05, 4.69) is 5.32 Å². The molecule has 3 rings (SSSR count). The first-order valence-electron chi connectivity index (χ1n) is 7.57. The molecule has 23 heavy (non-hydrogen) atoms. The van der Waals surface area contributed by atoms with Crippen molar-refractivity contribution >= 4 is 18.3 Å². The van der Waals surface area contributed by atoms with Gasteiger partial charge < -0.3 is 10.2 Å². The van der Waals surface area contributed by atoms with Gasteiger partial charge in [-0.3, -0.25) is 4.79 Å². The summed E-state index contributed by atoms with van der Waals surface area (Å²) in [5, 5.41) is 3.27. The fraction of sp³-hybridized carbons (Fsp3) is 0.562. The van der Waals surface area contributed by atoms with Gasteiger partial charge in [-0.15, -0.1) is 12.4 Å². The lowest BCUT2D eigenvalue weighted by Crippen LogP contribution is -2.45. The van der Waals surface area contributed by atoms with Crippen LogP contribution in [0.4, 0.5) is 13.2 Å². The molecule has 1 aromatic carbocycles. The smallest absolute Gasteiger partial charge is 0.338 e. The molecule has 1 aromatic rings. The van der Waals surface area contributed by atoms with Crippen molar-refractivity contribution in [2.45, 2.75) is 32.0 Å². The third kappa shape index (κ3) is 3.63. The number of rotatable bonds is 2. The molecule has 3 nitrogen and oxygen atoms in total. The van der Waals surface area contributed by atoms with Gasteiger partial charge in [0, 0.05) is 19.6 Å². The fourth-order valence-electron chi connectivity index (χ4n) is 3.47. The average molecular weight is 349 g/mol. The molecule has 2 aliphatic heterocycles. The van der Waals surface area contributed by atoms with Crippen LogP contribution in [0.25, 0.3) is 0 Å². The van der Waals surface area contributed by atoms with Gasteiger partial charge in [-0.2, -0.15) is 13.2 Å². The highest BCUT2D eigenvalue weighted by atomic mass is 35.5. The van der Waals surface area contributed by atoms with E-state index in [-0.39, 0.29) is 30.3 Å². The minimum absolute atomic E-state index is 0. The molecule has 0 aliphatic carbocycles. The maximum atomic E-state index is 12.8. The van der Waals surface area contributed by atoms with Crippen molar-refractivity contribution in [1.29, 1.82) is 0 Å². The second-order valence-corrected chi connectivity index (χ2v) is 6.24. The topological polar surface area (TPSA) is 32.3 Å². The number of carbonyl (C=O) groups is 1. The predicted molar refractivity (Wildman–Crippen MR) is 83.3 cm³/mol. The lowest BCUT2D eigenvalue weighted by Gasteiger charge is -2.32. The summed E-state index contributed by atoms with van der Waals surface area (Å²) in [5.41, 5.74) is -0.463. The third-order valence-corrected chi connectivity index (χ3v) is 4.70. The minimum atomic E-state index is -4.35. The van der Waals surface area contributed by atoms with E-state index in [1.807, 2.05) is 0 Å². The van der Waals surface area contributed by atoms with Gasteiger partial charge in [0.15, 0.2) is 0 Å². The van der Waals surface area contributed by atoms with Crippen LogP contribution in [-0.2, 0) is 17.5 Å². The molecule has 0 aromatic heterocycles. The normalized spacial score (nSPS) is 24.8. The Hall–Kier alpha value is -1.27. The van der Waals surface area contributed by atoms with E-state index in [0.717, 1.165) is 37.9 Å². The molecule has 0 saturated carbocycles. The minimum Gasteiger partial charge on any atom is -0.338 e. The van der Waals surface area contributed by atoms with Gasteiger partial charge in [0.05, 0.1) is 11.0 Å². The molecule has 2 fully saturated rings. The van der Waals surface area contributed by atoms with Crippen LogP contribution in [0, 0.1) is 5.41 Å².